The number of hydrogen-bond donors (Lipinski definition) is 3. The topological polar surface area (TPSA) is 102 Å². The molecule has 32 heavy (non-hydrogen) atoms. The Morgan fingerprint density at radius 2 is 2.06 bits per heavy atom. The zero-order chi connectivity index (χ0) is 22.2. The van der Waals surface area contributed by atoms with E-state index in [9.17, 15) is 4.79 Å². The molecular formula is C22H30N8OS. The Morgan fingerprint density at radius 3 is 2.75 bits per heavy atom. The van der Waals surface area contributed by atoms with E-state index in [0.717, 1.165) is 53.2 Å². The van der Waals surface area contributed by atoms with Gasteiger partial charge in [0.05, 0.1) is 11.9 Å². The van der Waals surface area contributed by atoms with Gasteiger partial charge in [-0.2, -0.15) is 10.1 Å². The molecule has 2 aliphatic heterocycles. The number of likely N-dealkylation sites (N-methyl/N-ethyl adjacent to an activating group) is 1. The van der Waals surface area contributed by atoms with Crippen molar-refractivity contribution >= 4 is 45.0 Å². The summed E-state index contributed by atoms with van der Waals surface area (Å²) < 4.78 is 0. The lowest BCUT2D eigenvalue weighted by Gasteiger charge is -2.49. The van der Waals surface area contributed by atoms with Crippen molar-refractivity contribution in [1.82, 2.24) is 30.0 Å². The van der Waals surface area contributed by atoms with Crippen LogP contribution in [0.2, 0.25) is 0 Å². The lowest BCUT2D eigenvalue weighted by molar-refractivity contribution is -0.141. The van der Waals surface area contributed by atoms with Crippen LogP contribution in [0.25, 0.3) is 10.2 Å². The van der Waals surface area contributed by atoms with Gasteiger partial charge in [-0.1, -0.05) is 0 Å². The smallest absolute Gasteiger partial charge is 0.237 e. The van der Waals surface area contributed by atoms with Gasteiger partial charge in [0.1, 0.15) is 10.6 Å². The van der Waals surface area contributed by atoms with Crippen molar-refractivity contribution in [3.63, 3.8) is 0 Å². The predicted molar refractivity (Wildman–Crippen MR) is 127 cm³/mol. The van der Waals surface area contributed by atoms with Gasteiger partial charge < -0.3 is 20.4 Å². The zero-order valence-corrected chi connectivity index (χ0v) is 19.6. The SMILES string of the molecule is Cc1cc(Nc2nc(NC3CC4CCCC(C3)N4C(=O)CN(C)C)nc3sccc23)n[nH]1. The molecule has 5 heterocycles. The molecule has 0 spiro atoms. The van der Waals surface area contributed by atoms with E-state index in [1.807, 2.05) is 43.4 Å². The Bertz CT molecular complexity index is 1090. The van der Waals surface area contributed by atoms with Crippen LogP contribution in [0.15, 0.2) is 17.5 Å². The predicted octanol–water partition coefficient (Wildman–Crippen LogP) is 3.35. The van der Waals surface area contributed by atoms with Crippen molar-refractivity contribution in [1.29, 1.82) is 0 Å². The first kappa shape index (κ1) is 21.1. The number of hydrogen-bond acceptors (Lipinski definition) is 8. The highest BCUT2D eigenvalue weighted by atomic mass is 32.1. The van der Waals surface area contributed by atoms with Crippen molar-refractivity contribution in [3.8, 4) is 0 Å². The van der Waals surface area contributed by atoms with Gasteiger partial charge in [0.15, 0.2) is 5.82 Å². The number of carbonyl (C=O) groups is 1. The van der Waals surface area contributed by atoms with Crippen LogP contribution in [-0.2, 0) is 4.79 Å². The third-order valence-corrected chi connectivity index (χ3v) is 7.13. The molecule has 2 atom stereocenters. The summed E-state index contributed by atoms with van der Waals surface area (Å²) in [6.45, 7) is 2.45. The maximum atomic E-state index is 12.8. The molecule has 0 saturated carbocycles. The Labute approximate surface area is 191 Å². The molecule has 2 bridgehead atoms. The zero-order valence-electron chi connectivity index (χ0n) is 18.8. The quantitative estimate of drug-likeness (QED) is 0.525. The lowest BCUT2D eigenvalue weighted by atomic mass is 9.81. The fourth-order valence-corrected chi connectivity index (χ4v) is 5.82. The molecule has 2 saturated heterocycles. The number of H-pyrrole nitrogens is 1. The molecule has 2 aliphatic rings. The summed E-state index contributed by atoms with van der Waals surface area (Å²) in [5.74, 6) is 2.37. The second-order valence-corrected chi connectivity index (χ2v) is 10.1. The fraction of sp³-hybridized carbons (Fsp3) is 0.545. The standard InChI is InChI=1S/C22H30N8OS/c1-13-9-18(28-27-13)24-20-17-7-8-32-21(17)26-22(25-20)23-14-10-15-5-4-6-16(11-14)30(15)19(31)12-29(2)3/h7-9,14-16H,4-6,10-12H2,1-3H3,(H3,23,24,25,26,27,28). The first-order valence-corrected chi connectivity index (χ1v) is 12.1. The van der Waals surface area contributed by atoms with Crippen molar-refractivity contribution in [2.75, 3.05) is 31.3 Å². The number of carbonyl (C=O) groups excluding carboxylic acids is 1. The number of aromatic amines is 1. The van der Waals surface area contributed by atoms with E-state index in [4.69, 9.17) is 9.97 Å². The Kier molecular flexibility index (Phi) is 5.73. The van der Waals surface area contributed by atoms with E-state index in [2.05, 4.69) is 25.7 Å². The molecule has 10 heteroatoms. The summed E-state index contributed by atoms with van der Waals surface area (Å²) in [6, 6.07) is 4.83. The molecule has 5 rings (SSSR count). The third-order valence-electron chi connectivity index (χ3n) is 6.32. The van der Waals surface area contributed by atoms with Gasteiger partial charge in [-0.15, -0.1) is 11.3 Å². The number of nitrogens with zero attached hydrogens (tertiary/aromatic N) is 5. The summed E-state index contributed by atoms with van der Waals surface area (Å²) >= 11 is 1.60. The number of thiophene rings is 1. The highest BCUT2D eigenvalue weighted by Gasteiger charge is 2.40. The number of amides is 1. The average molecular weight is 455 g/mol. The molecule has 3 aromatic heterocycles. The highest BCUT2D eigenvalue weighted by Crippen LogP contribution is 2.36. The summed E-state index contributed by atoms with van der Waals surface area (Å²) in [5, 5.41) is 17.2. The van der Waals surface area contributed by atoms with Crippen LogP contribution >= 0.6 is 11.3 Å². The fourth-order valence-electron chi connectivity index (χ4n) is 5.06. The van der Waals surface area contributed by atoms with Crippen molar-refractivity contribution < 1.29 is 4.79 Å². The highest BCUT2D eigenvalue weighted by molar-refractivity contribution is 7.16. The van der Waals surface area contributed by atoms with Gasteiger partial charge >= 0.3 is 0 Å². The van der Waals surface area contributed by atoms with Crippen LogP contribution in [0.1, 0.15) is 37.8 Å². The van der Waals surface area contributed by atoms with Crippen LogP contribution in [0.5, 0.6) is 0 Å². The minimum atomic E-state index is 0.250. The van der Waals surface area contributed by atoms with Crippen LogP contribution < -0.4 is 10.6 Å². The van der Waals surface area contributed by atoms with E-state index in [-0.39, 0.29) is 11.9 Å². The van der Waals surface area contributed by atoms with Crippen molar-refractivity contribution in [2.24, 2.45) is 0 Å². The van der Waals surface area contributed by atoms with Gasteiger partial charge in [0.2, 0.25) is 11.9 Å². The third kappa shape index (κ3) is 4.29. The second kappa shape index (κ2) is 8.67. The van der Waals surface area contributed by atoms with Gasteiger partial charge in [0, 0.05) is 29.9 Å². The number of aryl methyl sites for hydroxylation is 1. The normalized spacial score (nSPS) is 23.0. The summed E-state index contributed by atoms with van der Waals surface area (Å²) in [6.07, 6.45) is 5.21. The van der Waals surface area contributed by atoms with Crippen molar-refractivity contribution in [2.45, 2.75) is 57.2 Å². The molecule has 170 valence electrons. The number of nitrogens with one attached hydrogen (secondary N) is 3. The largest absolute Gasteiger partial charge is 0.351 e. The Morgan fingerprint density at radius 1 is 1.28 bits per heavy atom. The van der Waals surface area contributed by atoms with Gasteiger partial charge in [-0.3, -0.25) is 9.89 Å². The monoisotopic (exact) mass is 454 g/mol. The number of fused-ring (bicyclic) bond motifs is 3. The minimum Gasteiger partial charge on any atom is -0.351 e. The summed E-state index contributed by atoms with van der Waals surface area (Å²) in [7, 11) is 3.91. The van der Waals surface area contributed by atoms with E-state index in [1.54, 1.807) is 11.3 Å². The van der Waals surface area contributed by atoms with Crippen LogP contribution in [0.4, 0.5) is 17.6 Å². The molecule has 3 N–H and O–H groups in total. The maximum absolute atomic E-state index is 12.8. The minimum absolute atomic E-state index is 0.250. The maximum Gasteiger partial charge on any atom is 0.237 e. The number of anilines is 3. The molecule has 9 nitrogen and oxygen atoms in total. The summed E-state index contributed by atoms with van der Waals surface area (Å²) in [4.78, 5) is 27.5. The molecule has 0 aliphatic carbocycles. The van der Waals surface area contributed by atoms with Gasteiger partial charge in [-0.25, -0.2) is 4.98 Å². The van der Waals surface area contributed by atoms with E-state index < -0.39 is 0 Å². The van der Waals surface area contributed by atoms with Crippen LogP contribution in [0, 0.1) is 6.92 Å². The molecule has 3 aromatic rings. The number of piperidine rings is 2. The van der Waals surface area contributed by atoms with Crippen LogP contribution in [-0.4, -0.2) is 74.6 Å². The number of rotatable bonds is 6. The van der Waals surface area contributed by atoms with E-state index >= 15 is 0 Å². The molecule has 2 fully saturated rings. The molecule has 0 radical (unpaired) electrons. The summed E-state index contributed by atoms with van der Waals surface area (Å²) in [5.41, 5.74) is 0.989. The van der Waals surface area contributed by atoms with E-state index in [0.29, 0.717) is 24.6 Å². The Balaban J connectivity index is 1.34. The molecule has 2 unspecified atom stereocenters. The average Bonchev–Trinajstić information content (AvgIpc) is 3.35. The van der Waals surface area contributed by atoms with Crippen molar-refractivity contribution in [3.05, 3.63) is 23.2 Å². The first-order valence-electron chi connectivity index (χ1n) is 11.2. The second-order valence-electron chi connectivity index (χ2n) is 9.19. The number of aromatic nitrogens is 4. The van der Waals surface area contributed by atoms with Gasteiger partial charge in [0.25, 0.3) is 0 Å². The molecular weight excluding hydrogens is 424 g/mol. The van der Waals surface area contributed by atoms with Gasteiger partial charge in [-0.05, 0) is 64.6 Å². The molecule has 1 amide bonds. The van der Waals surface area contributed by atoms with E-state index in [1.165, 1.54) is 6.42 Å². The molecule has 0 aromatic carbocycles. The first-order chi connectivity index (χ1) is 15.5. The Hall–Kier alpha value is -2.72. The lowest BCUT2D eigenvalue weighted by Crippen LogP contribution is -2.58. The van der Waals surface area contributed by atoms with Crippen LogP contribution in [0.3, 0.4) is 0 Å².